The fourth-order valence-corrected chi connectivity index (χ4v) is 1.23. The molecule has 0 aromatic heterocycles. The van der Waals surface area contributed by atoms with E-state index in [1.165, 1.54) is 13.2 Å². The number of hydrogen-bond acceptors (Lipinski definition) is 4. The van der Waals surface area contributed by atoms with Crippen LogP contribution in [0.1, 0.15) is 12.0 Å². The topological polar surface area (TPSA) is 69.4 Å². The molecule has 1 aromatic carbocycles. The molecule has 0 fully saturated rings. The van der Waals surface area contributed by atoms with E-state index in [1.807, 2.05) is 0 Å². The quantitative estimate of drug-likeness (QED) is 0.447. The molecule has 0 N–H and O–H groups in total. The lowest BCUT2D eigenvalue weighted by atomic mass is 10.1. The van der Waals surface area contributed by atoms with Gasteiger partial charge in [-0.3, -0.25) is 14.9 Å². The summed E-state index contributed by atoms with van der Waals surface area (Å²) in [5, 5.41) is 10.4. The number of ether oxygens (including phenoxy) is 1. The maximum atomic E-state index is 13.0. The van der Waals surface area contributed by atoms with Crippen LogP contribution in [-0.2, 0) is 16.0 Å². The molecular formula is C10H10FNO4. The number of carbonyl (C=O) groups excluding carboxylic acids is 1. The van der Waals surface area contributed by atoms with Gasteiger partial charge in [-0.25, -0.2) is 4.39 Å². The summed E-state index contributed by atoms with van der Waals surface area (Å²) in [5.74, 6) is -1.12. The zero-order valence-electron chi connectivity index (χ0n) is 8.60. The Kier molecular flexibility index (Phi) is 3.93. The van der Waals surface area contributed by atoms with Crippen molar-refractivity contribution in [3.05, 3.63) is 39.7 Å². The number of hydrogen-bond donors (Lipinski definition) is 0. The maximum absolute atomic E-state index is 13.0. The highest BCUT2D eigenvalue weighted by atomic mass is 19.1. The number of aryl methyl sites for hydroxylation is 1. The van der Waals surface area contributed by atoms with Crippen LogP contribution in [0, 0.1) is 15.9 Å². The molecule has 0 heterocycles. The van der Waals surface area contributed by atoms with E-state index < -0.39 is 16.7 Å². The van der Waals surface area contributed by atoms with Crippen LogP contribution >= 0.6 is 0 Å². The molecule has 0 unspecified atom stereocenters. The van der Waals surface area contributed by atoms with Gasteiger partial charge < -0.3 is 4.74 Å². The Balaban J connectivity index is 2.80. The van der Waals surface area contributed by atoms with Crippen molar-refractivity contribution >= 4 is 11.7 Å². The molecule has 5 nitrogen and oxygen atoms in total. The van der Waals surface area contributed by atoms with Gasteiger partial charge in [-0.15, -0.1) is 0 Å². The third kappa shape index (κ3) is 3.30. The molecule has 0 radical (unpaired) electrons. The molecule has 0 bridgehead atoms. The summed E-state index contributed by atoms with van der Waals surface area (Å²) in [5.41, 5.74) is 0.0805. The van der Waals surface area contributed by atoms with Gasteiger partial charge in [0.1, 0.15) is 5.82 Å². The summed E-state index contributed by atoms with van der Waals surface area (Å²) < 4.78 is 17.4. The van der Waals surface area contributed by atoms with Crippen LogP contribution < -0.4 is 0 Å². The smallest absolute Gasteiger partial charge is 0.305 e. The first-order chi connectivity index (χ1) is 7.52. The normalized spacial score (nSPS) is 9.88. The van der Waals surface area contributed by atoms with Crippen LogP contribution in [0.5, 0.6) is 0 Å². The van der Waals surface area contributed by atoms with E-state index in [1.54, 1.807) is 0 Å². The van der Waals surface area contributed by atoms with Crippen molar-refractivity contribution in [1.29, 1.82) is 0 Å². The Morgan fingerprint density at radius 3 is 2.75 bits per heavy atom. The summed E-state index contributed by atoms with van der Waals surface area (Å²) in [6.07, 6.45) is 0.280. The molecule has 0 aliphatic rings. The number of benzene rings is 1. The maximum Gasteiger partial charge on any atom is 0.305 e. The third-order valence-corrected chi connectivity index (χ3v) is 2.00. The van der Waals surface area contributed by atoms with E-state index in [0.29, 0.717) is 5.56 Å². The summed E-state index contributed by atoms with van der Waals surface area (Å²) >= 11 is 0. The Bertz CT molecular complexity index is 419. The van der Waals surface area contributed by atoms with Crippen LogP contribution in [0.4, 0.5) is 10.1 Å². The van der Waals surface area contributed by atoms with Gasteiger partial charge in [0.2, 0.25) is 0 Å². The average molecular weight is 227 g/mol. The lowest BCUT2D eigenvalue weighted by Gasteiger charge is -2.01. The molecule has 0 spiro atoms. The van der Waals surface area contributed by atoms with Crippen molar-refractivity contribution in [2.45, 2.75) is 12.8 Å². The highest BCUT2D eigenvalue weighted by Gasteiger charge is 2.10. The molecule has 1 rings (SSSR count). The van der Waals surface area contributed by atoms with Gasteiger partial charge in [-0.1, -0.05) is 0 Å². The zero-order valence-corrected chi connectivity index (χ0v) is 8.60. The SMILES string of the molecule is COC(=O)CCc1cc(F)cc([N+](=O)[O-])c1. The lowest BCUT2D eigenvalue weighted by Crippen LogP contribution is -2.02. The number of esters is 1. The number of nitro benzene ring substituents is 1. The predicted molar refractivity (Wildman–Crippen MR) is 53.4 cm³/mol. The standard InChI is InChI=1S/C10H10FNO4/c1-16-10(13)3-2-7-4-8(11)6-9(5-7)12(14)15/h4-6H,2-3H2,1H3. The van der Waals surface area contributed by atoms with Gasteiger partial charge in [0.15, 0.2) is 0 Å². The third-order valence-electron chi connectivity index (χ3n) is 2.00. The average Bonchev–Trinajstić information content (AvgIpc) is 2.25. The number of nitro groups is 1. The largest absolute Gasteiger partial charge is 0.469 e. The summed E-state index contributed by atoms with van der Waals surface area (Å²) in [4.78, 5) is 20.6. The number of methoxy groups -OCH3 is 1. The molecule has 0 aliphatic heterocycles. The van der Waals surface area contributed by atoms with Crippen molar-refractivity contribution in [2.24, 2.45) is 0 Å². The number of carbonyl (C=O) groups is 1. The van der Waals surface area contributed by atoms with Crippen LogP contribution in [0.25, 0.3) is 0 Å². The Labute approximate surface area is 91.0 Å². The second kappa shape index (κ2) is 5.20. The van der Waals surface area contributed by atoms with E-state index in [4.69, 9.17) is 0 Å². The lowest BCUT2D eigenvalue weighted by molar-refractivity contribution is -0.385. The van der Waals surface area contributed by atoms with Crippen molar-refractivity contribution in [2.75, 3.05) is 7.11 Å². The minimum atomic E-state index is -0.686. The van der Waals surface area contributed by atoms with E-state index in [2.05, 4.69) is 4.74 Å². The van der Waals surface area contributed by atoms with Gasteiger partial charge in [0.05, 0.1) is 18.1 Å². The summed E-state index contributed by atoms with van der Waals surface area (Å²) in [7, 11) is 1.25. The Morgan fingerprint density at radius 2 is 2.19 bits per heavy atom. The van der Waals surface area contributed by atoms with Crippen LogP contribution in [0.2, 0.25) is 0 Å². The molecule has 0 saturated carbocycles. The molecule has 1 aromatic rings. The van der Waals surface area contributed by atoms with Crippen LogP contribution in [-0.4, -0.2) is 18.0 Å². The molecular weight excluding hydrogens is 217 g/mol. The van der Waals surface area contributed by atoms with E-state index in [9.17, 15) is 19.3 Å². The number of nitrogens with zero attached hydrogens (tertiary/aromatic N) is 1. The molecule has 0 aliphatic carbocycles. The fourth-order valence-electron chi connectivity index (χ4n) is 1.23. The number of halogens is 1. The van der Waals surface area contributed by atoms with Crippen molar-refractivity contribution in [3.63, 3.8) is 0 Å². The Morgan fingerprint density at radius 1 is 1.50 bits per heavy atom. The minimum absolute atomic E-state index is 0.0666. The zero-order chi connectivity index (χ0) is 12.1. The van der Waals surface area contributed by atoms with Gasteiger partial charge in [-0.05, 0) is 18.1 Å². The second-order valence-electron chi connectivity index (χ2n) is 3.15. The Hall–Kier alpha value is -1.98. The van der Waals surface area contributed by atoms with Gasteiger partial charge in [-0.2, -0.15) is 0 Å². The highest BCUT2D eigenvalue weighted by Crippen LogP contribution is 2.17. The van der Waals surface area contributed by atoms with E-state index >= 15 is 0 Å². The summed E-state index contributed by atoms with van der Waals surface area (Å²) in [6.45, 7) is 0. The number of rotatable bonds is 4. The monoisotopic (exact) mass is 227 g/mol. The molecule has 16 heavy (non-hydrogen) atoms. The second-order valence-corrected chi connectivity index (χ2v) is 3.15. The first-order valence-electron chi connectivity index (χ1n) is 4.53. The first kappa shape index (κ1) is 12.1. The van der Waals surface area contributed by atoms with Crippen molar-refractivity contribution < 1.29 is 18.8 Å². The predicted octanol–water partition coefficient (Wildman–Crippen LogP) is 1.84. The van der Waals surface area contributed by atoms with Gasteiger partial charge in [0, 0.05) is 12.5 Å². The van der Waals surface area contributed by atoms with E-state index in [-0.39, 0.29) is 18.5 Å². The van der Waals surface area contributed by atoms with Gasteiger partial charge in [0.25, 0.3) is 5.69 Å². The molecule has 0 amide bonds. The van der Waals surface area contributed by atoms with Crippen molar-refractivity contribution in [1.82, 2.24) is 0 Å². The van der Waals surface area contributed by atoms with Crippen molar-refractivity contribution in [3.8, 4) is 0 Å². The highest BCUT2D eigenvalue weighted by molar-refractivity contribution is 5.69. The molecule has 0 atom stereocenters. The van der Waals surface area contributed by atoms with Gasteiger partial charge >= 0.3 is 5.97 Å². The fraction of sp³-hybridized carbons (Fsp3) is 0.300. The van der Waals surface area contributed by atoms with Crippen LogP contribution in [0.3, 0.4) is 0 Å². The number of non-ortho nitro benzene ring substituents is 1. The summed E-state index contributed by atoms with van der Waals surface area (Å²) in [6, 6.07) is 3.24. The molecule has 6 heteroatoms. The van der Waals surface area contributed by atoms with Crippen LogP contribution in [0.15, 0.2) is 18.2 Å². The first-order valence-corrected chi connectivity index (χ1v) is 4.53. The minimum Gasteiger partial charge on any atom is -0.469 e. The molecule has 86 valence electrons. The molecule has 0 saturated heterocycles. The van der Waals surface area contributed by atoms with E-state index in [0.717, 1.165) is 12.1 Å².